The molecule has 124 valence electrons. The predicted molar refractivity (Wildman–Crippen MR) is 90.6 cm³/mol. The first-order valence-electron chi connectivity index (χ1n) is 7.87. The van der Waals surface area contributed by atoms with Crippen molar-refractivity contribution in [1.29, 1.82) is 0 Å². The van der Waals surface area contributed by atoms with Gasteiger partial charge in [-0.05, 0) is 38.3 Å². The van der Waals surface area contributed by atoms with Crippen molar-refractivity contribution >= 4 is 5.91 Å². The molecule has 0 saturated carbocycles. The molecule has 0 radical (unpaired) electrons. The van der Waals surface area contributed by atoms with Crippen LogP contribution < -0.4 is 10.1 Å². The molecule has 0 saturated heterocycles. The van der Waals surface area contributed by atoms with Crippen LogP contribution in [0.25, 0.3) is 0 Å². The fourth-order valence-corrected chi connectivity index (χ4v) is 3.07. The number of hydrogen-bond acceptors (Lipinski definition) is 3. The van der Waals surface area contributed by atoms with Crippen LogP contribution in [-0.2, 0) is 4.79 Å². The normalized spacial score (nSPS) is 13.4. The van der Waals surface area contributed by atoms with Gasteiger partial charge in [-0.15, -0.1) is 0 Å². The van der Waals surface area contributed by atoms with Gasteiger partial charge in [0.1, 0.15) is 5.75 Å². The zero-order valence-corrected chi connectivity index (χ0v) is 14.4. The minimum absolute atomic E-state index is 0.0240. The average Bonchev–Trinajstić information content (AvgIpc) is 2.85. The number of rotatable bonds is 6. The molecule has 5 heteroatoms. The van der Waals surface area contributed by atoms with E-state index in [0.29, 0.717) is 6.42 Å². The van der Waals surface area contributed by atoms with E-state index in [4.69, 9.17) is 4.74 Å². The Kier molecular flexibility index (Phi) is 5.42. The van der Waals surface area contributed by atoms with Gasteiger partial charge in [-0.2, -0.15) is 5.10 Å². The third-order valence-corrected chi connectivity index (χ3v) is 4.15. The van der Waals surface area contributed by atoms with E-state index in [2.05, 4.69) is 22.4 Å². The SMILES string of the molecule is COc1ccccc1C(C)NC(=O)CC(C)c1c(C)n[nH]c1C. The van der Waals surface area contributed by atoms with Crippen LogP contribution in [0.3, 0.4) is 0 Å². The van der Waals surface area contributed by atoms with Crippen LogP contribution in [0.1, 0.15) is 54.7 Å². The third kappa shape index (κ3) is 3.92. The van der Waals surface area contributed by atoms with Gasteiger partial charge in [-0.25, -0.2) is 0 Å². The lowest BCUT2D eigenvalue weighted by Gasteiger charge is -2.19. The highest BCUT2D eigenvalue weighted by atomic mass is 16.5. The summed E-state index contributed by atoms with van der Waals surface area (Å²) >= 11 is 0. The summed E-state index contributed by atoms with van der Waals surface area (Å²) in [6, 6.07) is 7.64. The lowest BCUT2D eigenvalue weighted by molar-refractivity contribution is -0.122. The van der Waals surface area contributed by atoms with Crippen molar-refractivity contribution in [2.75, 3.05) is 7.11 Å². The molecule has 2 atom stereocenters. The van der Waals surface area contributed by atoms with Gasteiger partial charge in [-0.3, -0.25) is 9.89 Å². The largest absolute Gasteiger partial charge is 0.496 e. The summed E-state index contributed by atoms with van der Waals surface area (Å²) in [4.78, 5) is 12.4. The molecule has 1 heterocycles. The number of aromatic amines is 1. The second kappa shape index (κ2) is 7.31. The number of benzene rings is 1. The minimum atomic E-state index is -0.0996. The van der Waals surface area contributed by atoms with Crippen LogP contribution in [0.5, 0.6) is 5.75 Å². The molecule has 1 amide bonds. The van der Waals surface area contributed by atoms with Gasteiger partial charge in [0.2, 0.25) is 5.91 Å². The molecule has 0 bridgehead atoms. The molecule has 2 aromatic rings. The number of carbonyl (C=O) groups is 1. The number of H-pyrrole nitrogens is 1. The molecule has 0 fully saturated rings. The fraction of sp³-hybridized carbons (Fsp3) is 0.444. The van der Waals surface area contributed by atoms with E-state index >= 15 is 0 Å². The number of amides is 1. The Morgan fingerprint density at radius 3 is 2.61 bits per heavy atom. The molecule has 0 aliphatic heterocycles. The number of ether oxygens (including phenoxy) is 1. The Labute approximate surface area is 137 Å². The molecule has 0 spiro atoms. The fourth-order valence-electron chi connectivity index (χ4n) is 3.07. The van der Waals surface area contributed by atoms with Crippen molar-refractivity contribution in [2.24, 2.45) is 0 Å². The Hall–Kier alpha value is -2.30. The molecule has 5 nitrogen and oxygen atoms in total. The number of nitrogens with zero attached hydrogens (tertiary/aromatic N) is 1. The van der Waals surface area contributed by atoms with E-state index in [-0.39, 0.29) is 17.9 Å². The van der Waals surface area contributed by atoms with Crippen LogP contribution in [0.4, 0.5) is 0 Å². The van der Waals surface area contributed by atoms with Gasteiger partial charge in [0.15, 0.2) is 0 Å². The van der Waals surface area contributed by atoms with Crippen LogP contribution in [0, 0.1) is 13.8 Å². The molecule has 1 aromatic carbocycles. The molecule has 2 rings (SSSR count). The van der Waals surface area contributed by atoms with Gasteiger partial charge >= 0.3 is 0 Å². The quantitative estimate of drug-likeness (QED) is 0.858. The van der Waals surface area contributed by atoms with Crippen molar-refractivity contribution in [1.82, 2.24) is 15.5 Å². The van der Waals surface area contributed by atoms with Crippen molar-refractivity contribution in [3.63, 3.8) is 0 Å². The first kappa shape index (κ1) is 17.1. The maximum atomic E-state index is 12.4. The molecule has 2 unspecified atom stereocenters. The third-order valence-electron chi connectivity index (χ3n) is 4.15. The monoisotopic (exact) mass is 315 g/mol. The van der Waals surface area contributed by atoms with Crippen molar-refractivity contribution in [2.45, 2.75) is 46.1 Å². The average molecular weight is 315 g/mol. The minimum Gasteiger partial charge on any atom is -0.496 e. The van der Waals surface area contributed by atoms with Gasteiger partial charge in [0, 0.05) is 17.7 Å². The number of para-hydroxylation sites is 1. The van der Waals surface area contributed by atoms with Gasteiger partial charge in [0.25, 0.3) is 0 Å². The van der Waals surface area contributed by atoms with Crippen LogP contribution in [-0.4, -0.2) is 23.2 Å². The molecule has 23 heavy (non-hydrogen) atoms. The number of aryl methyl sites for hydroxylation is 2. The molecule has 0 aliphatic rings. The Bertz CT molecular complexity index is 659. The van der Waals surface area contributed by atoms with Crippen molar-refractivity contribution in [3.8, 4) is 5.75 Å². The first-order chi connectivity index (χ1) is 10.9. The highest BCUT2D eigenvalue weighted by Crippen LogP contribution is 2.26. The van der Waals surface area contributed by atoms with E-state index in [1.165, 1.54) is 0 Å². The van der Waals surface area contributed by atoms with E-state index in [1.54, 1.807) is 7.11 Å². The predicted octanol–water partition coefficient (Wildman–Crippen LogP) is 3.41. The Morgan fingerprint density at radius 1 is 1.30 bits per heavy atom. The molecular formula is C18H25N3O2. The lowest BCUT2D eigenvalue weighted by Crippen LogP contribution is -2.28. The summed E-state index contributed by atoms with van der Waals surface area (Å²) in [5, 5.41) is 10.2. The van der Waals surface area contributed by atoms with Gasteiger partial charge in [0.05, 0.1) is 18.8 Å². The second-order valence-electron chi connectivity index (χ2n) is 5.98. The maximum absolute atomic E-state index is 12.4. The van der Waals surface area contributed by atoms with Gasteiger partial charge in [-0.1, -0.05) is 25.1 Å². The summed E-state index contributed by atoms with van der Waals surface area (Å²) in [7, 11) is 1.64. The maximum Gasteiger partial charge on any atom is 0.221 e. The summed E-state index contributed by atoms with van der Waals surface area (Å²) in [5.41, 5.74) is 4.10. The summed E-state index contributed by atoms with van der Waals surface area (Å²) in [5.74, 6) is 0.935. The van der Waals surface area contributed by atoms with Crippen LogP contribution in [0.2, 0.25) is 0 Å². The number of methoxy groups -OCH3 is 1. The highest BCUT2D eigenvalue weighted by Gasteiger charge is 2.19. The van der Waals surface area contributed by atoms with E-state index in [9.17, 15) is 4.79 Å². The molecule has 1 aromatic heterocycles. The topological polar surface area (TPSA) is 67.0 Å². The number of carbonyl (C=O) groups excluding carboxylic acids is 1. The summed E-state index contributed by atoms with van der Waals surface area (Å²) < 4.78 is 5.36. The number of nitrogens with one attached hydrogen (secondary N) is 2. The van der Waals surface area contributed by atoms with E-state index < -0.39 is 0 Å². The first-order valence-corrected chi connectivity index (χ1v) is 7.87. The lowest BCUT2D eigenvalue weighted by atomic mass is 9.95. The number of hydrogen-bond donors (Lipinski definition) is 2. The van der Waals surface area contributed by atoms with Crippen molar-refractivity contribution in [3.05, 3.63) is 46.8 Å². The zero-order valence-electron chi connectivity index (χ0n) is 14.4. The van der Waals surface area contributed by atoms with Crippen LogP contribution in [0.15, 0.2) is 24.3 Å². The smallest absolute Gasteiger partial charge is 0.221 e. The van der Waals surface area contributed by atoms with Crippen molar-refractivity contribution < 1.29 is 9.53 Å². The molecule has 2 N–H and O–H groups in total. The van der Waals surface area contributed by atoms with Gasteiger partial charge < -0.3 is 10.1 Å². The Morgan fingerprint density at radius 2 is 2.00 bits per heavy atom. The highest BCUT2D eigenvalue weighted by molar-refractivity contribution is 5.77. The van der Waals surface area contributed by atoms with Crippen LogP contribution >= 0.6 is 0 Å². The van der Waals surface area contributed by atoms with E-state index in [0.717, 1.165) is 28.3 Å². The standard InChI is InChI=1S/C18H25N3O2/c1-11(18-13(3)20-21-14(18)4)10-17(22)19-12(2)15-8-6-7-9-16(15)23-5/h6-9,11-12H,10H2,1-5H3,(H,19,22)(H,20,21). The van der Waals surface area contributed by atoms with E-state index in [1.807, 2.05) is 45.0 Å². The summed E-state index contributed by atoms with van der Waals surface area (Å²) in [6.45, 7) is 7.97. The number of aromatic nitrogens is 2. The summed E-state index contributed by atoms with van der Waals surface area (Å²) in [6.07, 6.45) is 0.431. The molecular weight excluding hydrogens is 290 g/mol. The second-order valence-corrected chi connectivity index (χ2v) is 5.98. The molecule has 0 aliphatic carbocycles. The Balaban J connectivity index is 2.02. The zero-order chi connectivity index (χ0) is 17.0.